The van der Waals surface area contributed by atoms with Gasteiger partial charge in [0.15, 0.2) is 0 Å². The van der Waals surface area contributed by atoms with Crippen molar-refractivity contribution in [3.05, 3.63) is 30.1 Å². The Bertz CT molecular complexity index is 581. The molecule has 6 heteroatoms. The Kier molecular flexibility index (Phi) is 9.69. The molecule has 1 amide bonds. The van der Waals surface area contributed by atoms with Crippen LogP contribution in [0.3, 0.4) is 0 Å². The smallest absolute Gasteiger partial charge is 0.220 e. The lowest BCUT2D eigenvalue weighted by molar-refractivity contribution is -0.122. The highest BCUT2D eigenvalue weighted by molar-refractivity contribution is 5.85. The molecule has 2 bridgehead atoms. The number of piperidine rings is 2. The van der Waals surface area contributed by atoms with Crippen LogP contribution in [0.25, 0.3) is 0 Å². The number of rotatable bonds is 9. The maximum Gasteiger partial charge on any atom is 0.220 e. The molecular formula is C22H37ClN4O. The molecule has 0 aromatic carbocycles. The van der Waals surface area contributed by atoms with Crippen molar-refractivity contribution in [2.24, 2.45) is 11.8 Å². The molecule has 3 heterocycles. The molecule has 0 saturated carbocycles. The van der Waals surface area contributed by atoms with Crippen LogP contribution in [0.4, 0.5) is 0 Å². The van der Waals surface area contributed by atoms with Gasteiger partial charge in [-0.25, -0.2) is 0 Å². The number of carbonyl (C=O) groups excluding carboxylic acids is 1. The fourth-order valence-electron chi connectivity index (χ4n) is 4.76. The van der Waals surface area contributed by atoms with E-state index >= 15 is 0 Å². The van der Waals surface area contributed by atoms with Gasteiger partial charge >= 0.3 is 0 Å². The first-order valence-corrected chi connectivity index (χ1v) is 10.8. The Morgan fingerprint density at radius 3 is 2.89 bits per heavy atom. The lowest BCUT2D eigenvalue weighted by Crippen LogP contribution is -2.55. The Labute approximate surface area is 176 Å². The first kappa shape index (κ1) is 23.1. The third-order valence-corrected chi connectivity index (χ3v) is 6.28. The summed E-state index contributed by atoms with van der Waals surface area (Å²) in [5.41, 5.74) is 1.31. The Balaban J connectivity index is 0.00000280. The molecule has 0 aliphatic carbocycles. The average molecular weight is 409 g/mol. The van der Waals surface area contributed by atoms with Gasteiger partial charge in [0.25, 0.3) is 0 Å². The number of aromatic nitrogens is 1. The van der Waals surface area contributed by atoms with E-state index in [1.54, 1.807) is 0 Å². The number of fused-ring (bicyclic) bond motifs is 2. The number of pyridine rings is 1. The summed E-state index contributed by atoms with van der Waals surface area (Å²) >= 11 is 0. The van der Waals surface area contributed by atoms with Crippen LogP contribution < -0.4 is 10.6 Å². The lowest BCUT2D eigenvalue weighted by atomic mass is 9.79. The second-order valence-corrected chi connectivity index (χ2v) is 8.41. The van der Waals surface area contributed by atoms with E-state index in [-0.39, 0.29) is 18.3 Å². The Morgan fingerprint density at radius 1 is 1.36 bits per heavy atom. The zero-order valence-corrected chi connectivity index (χ0v) is 18.2. The van der Waals surface area contributed by atoms with Crippen molar-refractivity contribution in [1.82, 2.24) is 20.5 Å². The van der Waals surface area contributed by atoms with Crippen molar-refractivity contribution < 1.29 is 4.79 Å². The van der Waals surface area contributed by atoms with E-state index in [1.165, 1.54) is 18.5 Å². The third-order valence-electron chi connectivity index (χ3n) is 6.28. The van der Waals surface area contributed by atoms with Crippen LogP contribution in [-0.2, 0) is 11.3 Å². The van der Waals surface area contributed by atoms with E-state index < -0.39 is 0 Å². The molecule has 3 atom stereocenters. The van der Waals surface area contributed by atoms with Crippen LogP contribution in [0.1, 0.15) is 57.9 Å². The maximum atomic E-state index is 12.1. The van der Waals surface area contributed by atoms with Crippen LogP contribution in [0.2, 0.25) is 0 Å². The monoisotopic (exact) mass is 408 g/mol. The predicted molar refractivity (Wildman–Crippen MR) is 117 cm³/mol. The molecule has 5 nitrogen and oxygen atoms in total. The largest absolute Gasteiger partial charge is 0.353 e. The summed E-state index contributed by atoms with van der Waals surface area (Å²) in [5.74, 6) is 1.69. The van der Waals surface area contributed by atoms with Gasteiger partial charge in [0.1, 0.15) is 0 Å². The van der Waals surface area contributed by atoms with Gasteiger partial charge < -0.3 is 10.6 Å². The molecule has 0 radical (unpaired) electrons. The fraction of sp³-hybridized carbons (Fsp3) is 0.727. The molecule has 2 N–H and O–H groups in total. The van der Waals surface area contributed by atoms with Gasteiger partial charge in [0.05, 0.1) is 0 Å². The van der Waals surface area contributed by atoms with Gasteiger partial charge in [-0.1, -0.05) is 19.9 Å². The molecular weight excluding hydrogens is 372 g/mol. The minimum atomic E-state index is 0. The molecule has 2 aliphatic heterocycles. The summed E-state index contributed by atoms with van der Waals surface area (Å²) in [6.07, 6.45) is 9.94. The molecule has 2 aliphatic rings. The van der Waals surface area contributed by atoms with Crippen molar-refractivity contribution in [3.8, 4) is 0 Å². The van der Waals surface area contributed by atoms with Crippen molar-refractivity contribution >= 4 is 18.3 Å². The molecule has 0 spiro atoms. The van der Waals surface area contributed by atoms with E-state index in [2.05, 4.69) is 40.4 Å². The molecule has 1 aromatic rings. The lowest BCUT2D eigenvalue weighted by Gasteiger charge is -2.46. The standard InChI is InChI=1S/C22H36N4O.ClH/c1-3-20(4-2)25-22(27)9-5-8-21-19-11-18(13-24-21)15-26(16-19)14-17-7-6-10-23-12-17;/h6-7,10,12,18-21,24H,3-5,8-9,11,13-16H2,1-2H3,(H,25,27);1H/t18?,19?,21-;/m1./s1. The number of halogens is 1. The van der Waals surface area contributed by atoms with Crippen LogP contribution in [0.15, 0.2) is 24.5 Å². The second-order valence-electron chi connectivity index (χ2n) is 8.41. The zero-order valence-electron chi connectivity index (χ0n) is 17.4. The van der Waals surface area contributed by atoms with Gasteiger partial charge in [-0.05, 0) is 62.1 Å². The average Bonchev–Trinajstić information content (AvgIpc) is 2.68. The minimum Gasteiger partial charge on any atom is -0.353 e. The molecule has 3 rings (SSSR count). The summed E-state index contributed by atoms with van der Waals surface area (Å²) in [4.78, 5) is 19.0. The molecule has 158 valence electrons. The van der Waals surface area contributed by atoms with Crippen LogP contribution >= 0.6 is 12.4 Å². The fourth-order valence-corrected chi connectivity index (χ4v) is 4.76. The SMILES string of the molecule is CCC(CC)NC(=O)CCC[C@H]1NCC2CC1CN(Cc1cccnc1)C2.Cl. The third kappa shape index (κ3) is 6.71. The number of nitrogens with zero attached hydrogens (tertiary/aromatic N) is 2. The highest BCUT2D eigenvalue weighted by Crippen LogP contribution is 2.31. The number of likely N-dealkylation sites (tertiary alicyclic amines) is 1. The van der Waals surface area contributed by atoms with Gasteiger partial charge in [0, 0.05) is 50.5 Å². The summed E-state index contributed by atoms with van der Waals surface area (Å²) in [5, 5.41) is 6.93. The molecule has 2 unspecified atom stereocenters. The van der Waals surface area contributed by atoms with E-state index in [4.69, 9.17) is 0 Å². The quantitative estimate of drug-likeness (QED) is 0.657. The molecule has 2 saturated heterocycles. The van der Waals surface area contributed by atoms with Crippen molar-refractivity contribution in [2.75, 3.05) is 19.6 Å². The number of nitrogens with one attached hydrogen (secondary N) is 2. The first-order valence-electron chi connectivity index (χ1n) is 10.8. The number of hydrogen-bond acceptors (Lipinski definition) is 4. The zero-order chi connectivity index (χ0) is 19.1. The van der Waals surface area contributed by atoms with E-state index in [9.17, 15) is 4.79 Å². The van der Waals surface area contributed by atoms with Crippen molar-refractivity contribution in [3.63, 3.8) is 0 Å². The van der Waals surface area contributed by atoms with Crippen molar-refractivity contribution in [1.29, 1.82) is 0 Å². The summed E-state index contributed by atoms with van der Waals surface area (Å²) in [6, 6.07) is 5.09. The van der Waals surface area contributed by atoms with Crippen LogP contribution in [-0.4, -0.2) is 47.5 Å². The minimum absolute atomic E-state index is 0. The van der Waals surface area contributed by atoms with E-state index in [1.807, 2.05) is 18.5 Å². The molecule has 1 aromatic heterocycles. The van der Waals surface area contributed by atoms with E-state index in [0.29, 0.717) is 24.4 Å². The van der Waals surface area contributed by atoms with Gasteiger partial charge in [-0.2, -0.15) is 0 Å². The highest BCUT2D eigenvalue weighted by Gasteiger charge is 2.36. The number of amides is 1. The summed E-state index contributed by atoms with van der Waals surface area (Å²) in [7, 11) is 0. The molecule has 2 fully saturated rings. The Hall–Kier alpha value is -1.17. The normalized spacial score (nSPS) is 24.6. The summed E-state index contributed by atoms with van der Waals surface area (Å²) in [6.45, 7) is 8.73. The maximum absolute atomic E-state index is 12.1. The topological polar surface area (TPSA) is 57.3 Å². The number of hydrogen-bond donors (Lipinski definition) is 2. The van der Waals surface area contributed by atoms with Crippen LogP contribution in [0.5, 0.6) is 0 Å². The first-order chi connectivity index (χ1) is 13.2. The van der Waals surface area contributed by atoms with E-state index in [0.717, 1.165) is 51.2 Å². The molecule has 28 heavy (non-hydrogen) atoms. The second kappa shape index (κ2) is 11.7. The van der Waals surface area contributed by atoms with Crippen molar-refractivity contribution in [2.45, 2.75) is 71.0 Å². The van der Waals surface area contributed by atoms with Gasteiger partial charge in [-0.15, -0.1) is 12.4 Å². The Morgan fingerprint density at radius 2 is 2.18 bits per heavy atom. The predicted octanol–water partition coefficient (Wildman–Crippen LogP) is 3.39. The van der Waals surface area contributed by atoms with Gasteiger partial charge in [0.2, 0.25) is 5.91 Å². The number of carbonyl (C=O) groups is 1. The summed E-state index contributed by atoms with van der Waals surface area (Å²) < 4.78 is 0. The highest BCUT2D eigenvalue weighted by atomic mass is 35.5. The van der Waals surface area contributed by atoms with Crippen LogP contribution in [0, 0.1) is 11.8 Å². The van der Waals surface area contributed by atoms with Gasteiger partial charge in [-0.3, -0.25) is 14.7 Å².